The second kappa shape index (κ2) is 7.43. The molecule has 0 fully saturated rings. The zero-order valence-corrected chi connectivity index (χ0v) is 12.4. The van der Waals surface area contributed by atoms with Crippen LogP contribution in [0.4, 0.5) is 5.69 Å². The third kappa shape index (κ3) is 4.31. The Bertz CT molecular complexity index is 584. The fourth-order valence-electron chi connectivity index (χ4n) is 2.01. The highest BCUT2D eigenvalue weighted by Crippen LogP contribution is 2.28. The predicted octanol–water partition coefficient (Wildman–Crippen LogP) is 3.61. The monoisotopic (exact) mass is 284 g/mol. The Kier molecular flexibility index (Phi) is 5.32. The number of amides is 1. The molecule has 1 amide bonds. The summed E-state index contributed by atoms with van der Waals surface area (Å²) >= 11 is 0. The maximum absolute atomic E-state index is 11.9. The molecule has 1 aromatic carbocycles. The number of hydrogen-bond acceptors (Lipinski definition) is 3. The number of ether oxygens (including phenoxy) is 1. The lowest BCUT2D eigenvalue weighted by Crippen LogP contribution is -2.20. The minimum Gasteiger partial charge on any atom is -0.483 e. The lowest BCUT2D eigenvalue weighted by atomic mass is 9.98. The molecule has 0 aliphatic rings. The molecular formula is C17H20N2O2. The van der Waals surface area contributed by atoms with Crippen molar-refractivity contribution < 1.29 is 9.53 Å². The Labute approximate surface area is 125 Å². The summed E-state index contributed by atoms with van der Waals surface area (Å²) in [5.74, 6) is 1.00. The fraction of sp³-hybridized carbons (Fsp3) is 0.294. The van der Waals surface area contributed by atoms with Crippen LogP contribution in [-0.2, 0) is 4.79 Å². The number of nitrogens with one attached hydrogen (secondary N) is 1. The van der Waals surface area contributed by atoms with Gasteiger partial charge in [0, 0.05) is 18.1 Å². The number of rotatable bonds is 6. The van der Waals surface area contributed by atoms with Crippen molar-refractivity contribution >= 4 is 11.6 Å². The number of benzene rings is 1. The first-order valence-corrected chi connectivity index (χ1v) is 7.12. The zero-order valence-electron chi connectivity index (χ0n) is 12.4. The van der Waals surface area contributed by atoms with Crippen LogP contribution in [0.15, 0.2) is 48.8 Å². The van der Waals surface area contributed by atoms with Gasteiger partial charge >= 0.3 is 0 Å². The van der Waals surface area contributed by atoms with Crippen LogP contribution < -0.4 is 10.1 Å². The van der Waals surface area contributed by atoms with E-state index in [1.54, 1.807) is 24.5 Å². The second-order valence-electron chi connectivity index (χ2n) is 4.92. The molecule has 4 nitrogen and oxygen atoms in total. The van der Waals surface area contributed by atoms with Crippen molar-refractivity contribution in [3.63, 3.8) is 0 Å². The maximum atomic E-state index is 11.9. The number of carbonyl (C=O) groups excluding carboxylic acids is 1. The molecule has 0 bridgehead atoms. The van der Waals surface area contributed by atoms with Gasteiger partial charge in [-0.3, -0.25) is 9.78 Å². The number of anilines is 1. The van der Waals surface area contributed by atoms with Gasteiger partial charge in [-0.25, -0.2) is 0 Å². The van der Waals surface area contributed by atoms with Crippen LogP contribution in [0, 0.1) is 0 Å². The third-order valence-corrected chi connectivity index (χ3v) is 3.39. The Morgan fingerprint density at radius 3 is 2.67 bits per heavy atom. The Morgan fingerprint density at radius 1 is 1.24 bits per heavy atom. The number of nitrogens with zero attached hydrogens (tertiary/aromatic N) is 1. The van der Waals surface area contributed by atoms with E-state index in [0.717, 1.165) is 17.7 Å². The molecule has 0 aliphatic heterocycles. The predicted molar refractivity (Wildman–Crippen MR) is 83.5 cm³/mol. The van der Waals surface area contributed by atoms with E-state index in [1.165, 1.54) is 0 Å². The summed E-state index contributed by atoms with van der Waals surface area (Å²) in [7, 11) is 0. The van der Waals surface area contributed by atoms with E-state index in [2.05, 4.69) is 24.1 Å². The Balaban J connectivity index is 1.95. The molecule has 0 aliphatic carbocycles. The van der Waals surface area contributed by atoms with Crippen LogP contribution in [0.25, 0.3) is 0 Å². The van der Waals surface area contributed by atoms with Gasteiger partial charge in [0.05, 0.1) is 0 Å². The summed E-state index contributed by atoms with van der Waals surface area (Å²) in [5.41, 5.74) is 1.85. The summed E-state index contributed by atoms with van der Waals surface area (Å²) in [5, 5.41) is 2.77. The fourth-order valence-corrected chi connectivity index (χ4v) is 2.01. The number of para-hydroxylation sites is 1. The van der Waals surface area contributed by atoms with Gasteiger partial charge in [0.2, 0.25) is 0 Å². The van der Waals surface area contributed by atoms with Crippen LogP contribution in [-0.4, -0.2) is 17.5 Å². The van der Waals surface area contributed by atoms with Crippen molar-refractivity contribution in [1.82, 2.24) is 4.98 Å². The molecule has 1 N–H and O–H groups in total. The molecule has 0 saturated carbocycles. The van der Waals surface area contributed by atoms with Crippen molar-refractivity contribution in [2.45, 2.75) is 26.2 Å². The highest BCUT2D eigenvalue weighted by molar-refractivity contribution is 5.91. The van der Waals surface area contributed by atoms with Crippen molar-refractivity contribution in [1.29, 1.82) is 0 Å². The number of carbonyl (C=O) groups is 1. The summed E-state index contributed by atoms with van der Waals surface area (Å²) in [6.07, 6.45) is 4.30. The largest absolute Gasteiger partial charge is 0.483 e. The van der Waals surface area contributed by atoms with E-state index in [0.29, 0.717) is 11.6 Å². The van der Waals surface area contributed by atoms with E-state index in [9.17, 15) is 4.79 Å². The lowest BCUT2D eigenvalue weighted by Gasteiger charge is -2.15. The molecule has 0 spiro atoms. The molecule has 1 unspecified atom stereocenters. The normalized spacial score (nSPS) is 11.7. The minimum absolute atomic E-state index is 0.00420. The Morgan fingerprint density at radius 2 is 1.95 bits per heavy atom. The van der Waals surface area contributed by atoms with Crippen LogP contribution >= 0.6 is 0 Å². The third-order valence-electron chi connectivity index (χ3n) is 3.39. The van der Waals surface area contributed by atoms with Crippen LogP contribution in [0.2, 0.25) is 0 Å². The summed E-state index contributed by atoms with van der Waals surface area (Å²) in [6.45, 7) is 4.28. The van der Waals surface area contributed by atoms with Crippen molar-refractivity contribution in [3.8, 4) is 5.75 Å². The first-order chi connectivity index (χ1) is 10.2. The first-order valence-electron chi connectivity index (χ1n) is 7.12. The average Bonchev–Trinajstić information content (AvgIpc) is 2.53. The van der Waals surface area contributed by atoms with Gasteiger partial charge in [-0.05, 0) is 36.1 Å². The van der Waals surface area contributed by atoms with E-state index < -0.39 is 0 Å². The van der Waals surface area contributed by atoms with Gasteiger partial charge in [-0.2, -0.15) is 0 Å². The zero-order chi connectivity index (χ0) is 15.1. The van der Waals surface area contributed by atoms with Crippen LogP contribution in [0.3, 0.4) is 0 Å². The van der Waals surface area contributed by atoms with E-state index in [-0.39, 0.29) is 12.5 Å². The molecule has 21 heavy (non-hydrogen) atoms. The average molecular weight is 284 g/mol. The number of hydrogen-bond donors (Lipinski definition) is 1. The standard InChI is InChI=1S/C17H20N2O2/c1-3-13(2)15-6-4-5-7-16(15)21-12-17(20)19-14-8-10-18-11-9-14/h4-11,13H,3,12H2,1-2H3,(H,18,19,20). The van der Waals surface area contributed by atoms with E-state index in [4.69, 9.17) is 4.74 Å². The number of aromatic nitrogens is 1. The molecule has 4 heteroatoms. The SMILES string of the molecule is CCC(C)c1ccccc1OCC(=O)Nc1ccncc1. The molecular weight excluding hydrogens is 264 g/mol. The lowest BCUT2D eigenvalue weighted by molar-refractivity contribution is -0.118. The van der Waals surface area contributed by atoms with Gasteiger partial charge in [-0.15, -0.1) is 0 Å². The molecule has 2 rings (SSSR count). The molecule has 1 atom stereocenters. The summed E-state index contributed by atoms with van der Waals surface area (Å²) in [4.78, 5) is 15.8. The van der Waals surface area contributed by atoms with Gasteiger partial charge in [0.1, 0.15) is 5.75 Å². The number of pyridine rings is 1. The molecule has 2 aromatic rings. The highest BCUT2D eigenvalue weighted by atomic mass is 16.5. The summed E-state index contributed by atoms with van der Waals surface area (Å²) in [6, 6.07) is 11.3. The van der Waals surface area contributed by atoms with E-state index >= 15 is 0 Å². The molecule has 1 aromatic heterocycles. The first kappa shape index (κ1) is 15.0. The van der Waals surface area contributed by atoms with E-state index in [1.807, 2.05) is 24.3 Å². The van der Waals surface area contributed by atoms with Gasteiger partial charge < -0.3 is 10.1 Å². The van der Waals surface area contributed by atoms with Crippen molar-refractivity contribution in [2.24, 2.45) is 0 Å². The Hall–Kier alpha value is -2.36. The van der Waals surface area contributed by atoms with Crippen LogP contribution in [0.1, 0.15) is 31.7 Å². The van der Waals surface area contributed by atoms with Gasteiger partial charge in [0.15, 0.2) is 6.61 Å². The van der Waals surface area contributed by atoms with Crippen molar-refractivity contribution in [3.05, 3.63) is 54.4 Å². The van der Waals surface area contributed by atoms with Gasteiger partial charge in [-0.1, -0.05) is 32.0 Å². The van der Waals surface area contributed by atoms with Gasteiger partial charge in [0.25, 0.3) is 5.91 Å². The maximum Gasteiger partial charge on any atom is 0.262 e. The highest BCUT2D eigenvalue weighted by Gasteiger charge is 2.11. The van der Waals surface area contributed by atoms with Crippen LogP contribution in [0.5, 0.6) is 5.75 Å². The smallest absolute Gasteiger partial charge is 0.262 e. The molecule has 0 saturated heterocycles. The minimum atomic E-state index is -0.180. The van der Waals surface area contributed by atoms with Crippen molar-refractivity contribution in [2.75, 3.05) is 11.9 Å². The topological polar surface area (TPSA) is 51.2 Å². The second-order valence-corrected chi connectivity index (χ2v) is 4.92. The quantitative estimate of drug-likeness (QED) is 0.881. The molecule has 110 valence electrons. The molecule has 0 radical (unpaired) electrons. The summed E-state index contributed by atoms with van der Waals surface area (Å²) < 4.78 is 5.67. The molecule has 1 heterocycles.